The van der Waals surface area contributed by atoms with Gasteiger partial charge in [-0.1, -0.05) is 12.1 Å². The van der Waals surface area contributed by atoms with Gasteiger partial charge in [0.1, 0.15) is 83.2 Å². The summed E-state index contributed by atoms with van der Waals surface area (Å²) in [5.74, 6) is -3.66. The predicted molar refractivity (Wildman–Crippen MR) is 217 cm³/mol. The molecule has 0 radical (unpaired) electrons. The lowest BCUT2D eigenvalue weighted by Gasteiger charge is -2.43. The number of aromatic hydroxyl groups is 3. The molecule has 4 aromatic rings. The highest BCUT2D eigenvalue weighted by molar-refractivity contribution is 5.89. The maximum atomic E-state index is 14.5. The third-order valence-electron chi connectivity index (χ3n) is 11.1. The van der Waals surface area contributed by atoms with Gasteiger partial charge < -0.3 is 98.5 Å². The van der Waals surface area contributed by atoms with Gasteiger partial charge in [0.25, 0.3) is 0 Å². The van der Waals surface area contributed by atoms with Crippen LogP contribution in [0.1, 0.15) is 19.4 Å². The minimum Gasteiger partial charge on any atom is -0.508 e. The molecule has 0 amide bonds. The SMILES string of the molecule is COc1cc(-c2oc3cc(O[C@@H]4O[C@H](C)[C@H](O)[C@H](O)[C@H]4O)cc(O)c3c(=O)c2O[C@@H]2O[C@@H](CO[C@@H]3O[C@H](C)[C@H](O)[C@H](O)[C@H]3O)[C@H](OC(=O)/C=C/c3ccc(O)cc3)[C@H](O)[C@H]2O)ccc1O. The van der Waals surface area contributed by atoms with Crippen LogP contribution in [0.4, 0.5) is 0 Å². The highest BCUT2D eigenvalue weighted by Gasteiger charge is 2.50. The first kappa shape index (κ1) is 47.4. The Morgan fingerprint density at radius 1 is 0.692 bits per heavy atom. The lowest BCUT2D eigenvalue weighted by Crippen LogP contribution is -2.62. The van der Waals surface area contributed by atoms with Crippen molar-refractivity contribution in [3.8, 4) is 45.8 Å². The van der Waals surface area contributed by atoms with Crippen LogP contribution in [-0.4, -0.2) is 168 Å². The number of esters is 1. The van der Waals surface area contributed by atoms with Crippen LogP contribution in [0.5, 0.6) is 34.5 Å². The smallest absolute Gasteiger partial charge is 0.331 e. The number of aliphatic hydroxyl groups is 8. The summed E-state index contributed by atoms with van der Waals surface area (Å²) in [6, 6.07) is 11.6. The first-order valence-corrected chi connectivity index (χ1v) is 20.1. The van der Waals surface area contributed by atoms with Crippen LogP contribution in [0, 0.1) is 0 Å². The van der Waals surface area contributed by atoms with Gasteiger partial charge in [0, 0.05) is 23.8 Å². The van der Waals surface area contributed by atoms with E-state index in [9.17, 15) is 65.8 Å². The van der Waals surface area contributed by atoms with Crippen molar-refractivity contribution in [3.05, 3.63) is 76.5 Å². The van der Waals surface area contributed by atoms with E-state index in [0.717, 1.165) is 18.2 Å². The van der Waals surface area contributed by atoms with Crippen LogP contribution in [0.3, 0.4) is 0 Å². The molecule has 22 nitrogen and oxygen atoms in total. The van der Waals surface area contributed by atoms with E-state index < -0.39 is 133 Å². The molecule has 0 spiro atoms. The van der Waals surface area contributed by atoms with Crippen LogP contribution in [-0.2, 0) is 28.5 Å². The van der Waals surface area contributed by atoms with Crippen LogP contribution >= 0.6 is 0 Å². The molecule has 0 bridgehead atoms. The molecule has 3 aliphatic heterocycles. The van der Waals surface area contributed by atoms with Crippen molar-refractivity contribution in [2.75, 3.05) is 13.7 Å². The Morgan fingerprint density at radius 3 is 1.97 bits per heavy atom. The molecule has 4 heterocycles. The maximum Gasteiger partial charge on any atom is 0.331 e. The number of phenols is 3. The maximum absolute atomic E-state index is 14.5. The molecule has 352 valence electrons. The summed E-state index contributed by atoms with van der Waals surface area (Å²) in [5.41, 5.74) is -0.961. The summed E-state index contributed by atoms with van der Waals surface area (Å²) >= 11 is 0. The summed E-state index contributed by atoms with van der Waals surface area (Å²) in [5, 5.41) is 116. The van der Waals surface area contributed by atoms with Gasteiger partial charge in [-0.2, -0.15) is 0 Å². The van der Waals surface area contributed by atoms with Gasteiger partial charge >= 0.3 is 5.97 Å². The Hall–Kier alpha value is -5.60. The monoisotopic (exact) mass is 916 g/mol. The van der Waals surface area contributed by atoms with Crippen molar-refractivity contribution in [3.63, 3.8) is 0 Å². The number of hydrogen-bond donors (Lipinski definition) is 11. The molecule has 22 heteroatoms. The fourth-order valence-corrected chi connectivity index (χ4v) is 7.35. The van der Waals surface area contributed by atoms with E-state index in [1.54, 1.807) is 0 Å². The van der Waals surface area contributed by atoms with E-state index in [1.165, 1.54) is 69.5 Å². The Morgan fingerprint density at radius 2 is 1.31 bits per heavy atom. The van der Waals surface area contributed by atoms with Gasteiger partial charge in [0.05, 0.1) is 25.9 Å². The average molecular weight is 917 g/mol. The number of aliphatic hydroxyl groups excluding tert-OH is 8. The lowest BCUT2D eigenvalue weighted by atomic mass is 9.98. The number of methoxy groups -OCH3 is 1. The topological polar surface area (TPSA) is 344 Å². The van der Waals surface area contributed by atoms with Crippen molar-refractivity contribution >= 4 is 23.0 Å². The molecule has 7 rings (SSSR count). The standard InChI is InChI=1S/C43H48O22/c1-16-29(48)32(51)35(54)41(59-16)58-15-26-39(64-27(47)11-6-18-4-8-20(44)9-5-18)34(53)37(56)43(63-26)65-40-31(50)28-23(46)13-21(61-42-36(55)33(52)30(49)17(2)60-42)14-25(28)62-38(40)19-7-10-22(45)24(12-19)57-3/h4-14,16-17,26,29-30,32-37,39,41-46,48-49,51-56H,15H2,1-3H3/b11-6+/t16-,17-,26+,29+,30+,32+,33+,34-,35-,36-,37-,39+,41-,42+,43+/m1/s1. The van der Waals surface area contributed by atoms with Crippen LogP contribution < -0.4 is 19.6 Å². The van der Waals surface area contributed by atoms with Crippen LogP contribution in [0.25, 0.3) is 28.4 Å². The number of benzene rings is 3. The molecule has 0 saturated carbocycles. The third-order valence-corrected chi connectivity index (χ3v) is 11.1. The molecule has 0 aliphatic carbocycles. The molecule has 3 aliphatic rings. The molecule has 3 fully saturated rings. The van der Waals surface area contributed by atoms with Gasteiger partial charge in [0.2, 0.25) is 23.8 Å². The molecular formula is C43H48O22. The summed E-state index contributed by atoms with van der Waals surface area (Å²) in [6.07, 6.45) is -22.3. The van der Waals surface area contributed by atoms with Crippen molar-refractivity contribution in [1.82, 2.24) is 0 Å². The minimum atomic E-state index is -2.13. The molecule has 0 unspecified atom stereocenters. The lowest BCUT2D eigenvalue weighted by molar-refractivity contribution is -0.319. The second-order valence-electron chi connectivity index (χ2n) is 15.6. The number of ether oxygens (including phenoxy) is 8. The summed E-state index contributed by atoms with van der Waals surface area (Å²) < 4.78 is 51.3. The number of carbonyl (C=O) groups is 1. The summed E-state index contributed by atoms with van der Waals surface area (Å²) in [7, 11) is 1.25. The van der Waals surface area contributed by atoms with Crippen LogP contribution in [0.2, 0.25) is 0 Å². The Bertz CT molecular complexity index is 2400. The molecule has 65 heavy (non-hydrogen) atoms. The summed E-state index contributed by atoms with van der Waals surface area (Å²) in [6.45, 7) is 2.11. The first-order valence-electron chi connectivity index (χ1n) is 20.1. The fraction of sp³-hybridized carbons (Fsp3) is 0.442. The number of hydrogen-bond acceptors (Lipinski definition) is 22. The second kappa shape index (κ2) is 19.5. The van der Waals surface area contributed by atoms with Crippen molar-refractivity contribution < 1.29 is 103 Å². The van der Waals surface area contributed by atoms with E-state index in [1.807, 2.05) is 0 Å². The second-order valence-corrected chi connectivity index (χ2v) is 15.6. The van der Waals surface area contributed by atoms with Gasteiger partial charge in [-0.3, -0.25) is 4.79 Å². The first-order chi connectivity index (χ1) is 30.9. The van der Waals surface area contributed by atoms with E-state index in [4.69, 9.17) is 42.3 Å². The van der Waals surface area contributed by atoms with Gasteiger partial charge in [-0.15, -0.1) is 0 Å². The zero-order chi connectivity index (χ0) is 47.0. The van der Waals surface area contributed by atoms with E-state index in [0.29, 0.717) is 5.56 Å². The number of phenolic OH excluding ortho intramolecular Hbond substituents is 3. The number of carbonyl (C=O) groups excluding carboxylic acids is 1. The molecule has 11 N–H and O–H groups in total. The minimum absolute atomic E-state index is 0.00712. The normalized spacial score (nSPS) is 32.9. The quantitative estimate of drug-likeness (QED) is 0.0605. The van der Waals surface area contributed by atoms with E-state index in [-0.39, 0.29) is 34.1 Å². The Balaban J connectivity index is 1.24. The van der Waals surface area contributed by atoms with E-state index in [2.05, 4.69) is 0 Å². The zero-order valence-electron chi connectivity index (χ0n) is 34.6. The van der Waals surface area contributed by atoms with Crippen molar-refractivity contribution in [1.29, 1.82) is 0 Å². The molecule has 3 saturated heterocycles. The molecule has 15 atom stereocenters. The largest absolute Gasteiger partial charge is 0.508 e. The number of fused-ring (bicyclic) bond motifs is 1. The molecular weight excluding hydrogens is 868 g/mol. The Labute approximate surface area is 367 Å². The van der Waals surface area contributed by atoms with Gasteiger partial charge in [-0.05, 0) is 55.8 Å². The van der Waals surface area contributed by atoms with Gasteiger partial charge in [-0.25, -0.2) is 4.79 Å². The van der Waals surface area contributed by atoms with E-state index >= 15 is 0 Å². The highest BCUT2D eigenvalue weighted by Crippen LogP contribution is 2.41. The third kappa shape index (κ3) is 9.84. The fourth-order valence-electron chi connectivity index (χ4n) is 7.35. The molecule has 1 aromatic heterocycles. The predicted octanol–water partition coefficient (Wildman–Crippen LogP) is -0.913. The highest BCUT2D eigenvalue weighted by atomic mass is 16.7. The average Bonchev–Trinajstić information content (AvgIpc) is 3.28. The van der Waals surface area contributed by atoms with Crippen molar-refractivity contribution in [2.45, 2.75) is 106 Å². The van der Waals surface area contributed by atoms with Crippen LogP contribution in [0.15, 0.2) is 69.9 Å². The zero-order valence-corrected chi connectivity index (χ0v) is 34.6. The van der Waals surface area contributed by atoms with Gasteiger partial charge in [0.15, 0.2) is 29.7 Å². The van der Waals surface area contributed by atoms with Crippen molar-refractivity contribution in [2.24, 2.45) is 0 Å². The Kier molecular flexibility index (Phi) is 14.2. The number of rotatable bonds is 12. The summed E-state index contributed by atoms with van der Waals surface area (Å²) in [4.78, 5) is 27.6. The molecule has 3 aromatic carbocycles.